The lowest BCUT2D eigenvalue weighted by atomic mass is 10.0. The van der Waals surface area contributed by atoms with E-state index in [-0.39, 0.29) is 11.9 Å². The van der Waals surface area contributed by atoms with E-state index in [4.69, 9.17) is 26.5 Å². The maximum Gasteiger partial charge on any atom is 0.239 e. The van der Waals surface area contributed by atoms with Crippen LogP contribution in [0, 0.1) is 11.3 Å². The highest BCUT2D eigenvalue weighted by molar-refractivity contribution is 6.15. The summed E-state index contributed by atoms with van der Waals surface area (Å²) < 4.78 is 11.4. The second-order valence-corrected chi connectivity index (χ2v) is 6.58. The van der Waals surface area contributed by atoms with E-state index >= 15 is 0 Å². The predicted molar refractivity (Wildman–Crippen MR) is 100 cm³/mol. The van der Waals surface area contributed by atoms with Crippen molar-refractivity contribution in [1.29, 1.82) is 5.26 Å². The van der Waals surface area contributed by atoms with E-state index in [1.165, 1.54) is 0 Å². The topological polar surface area (TPSA) is 83.4 Å². The summed E-state index contributed by atoms with van der Waals surface area (Å²) >= 11 is 5.76. The molecule has 0 bridgehead atoms. The van der Waals surface area contributed by atoms with Crippen molar-refractivity contribution >= 4 is 17.7 Å². The first-order valence-corrected chi connectivity index (χ1v) is 9.00. The summed E-state index contributed by atoms with van der Waals surface area (Å²) in [4.78, 5) is 15.0. The van der Waals surface area contributed by atoms with E-state index in [1.54, 1.807) is 18.2 Å². The molecule has 7 heteroatoms. The van der Waals surface area contributed by atoms with Gasteiger partial charge in [0.2, 0.25) is 5.91 Å². The van der Waals surface area contributed by atoms with Crippen LogP contribution in [0.15, 0.2) is 54.6 Å². The Morgan fingerprint density at radius 3 is 2.63 bits per heavy atom. The Morgan fingerprint density at radius 2 is 1.96 bits per heavy atom. The van der Waals surface area contributed by atoms with E-state index in [0.29, 0.717) is 12.0 Å². The molecule has 27 heavy (non-hydrogen) atoms. The Kier molecular flexibility index (Phi) is 6.43. The number of hydrogen-bond donors (Lipinski definition) is 2. The van der Waals surface area contributed by atoms with Gasteiger partial charge in [-0.25, -0.2) is 4.84 Å². The van der Waals surface area contributed by atoms with E-state index in [2.05, 4.69) is 16.2 Å². The number of rotatable bonds is 7. The number of ether oxygens (including phenoxy) is 2. The minimum absolute atomic E-state index is 0.268. The zero-order valence-electron chi connectivity index (χ0n) is 14.8. The molecule has 140 valence electrons. The van der Waals surface area contributed by atoms with E-state index < -0.39 is 18.6 Å². The number of hydrogen-bond acceptors (Lipinski definition) is 5. The molecule has 0 aromatic heterocycles. The molecule has 2 aromatic carbocycles. The minimum atomic E-state index is -0.645. The van der Waals surface area contributed by atoms with Crippen molar-refractivity contribution in [2.45, 2.75) is 38.0 Å². The second-order valence-electron chi connectivity index (χ2n) is 6.36. The van der Waals surface area contributed by atoms with Gasteiger partial charge in [0.05, 0.1) is 17.7 Å². The van der Waals surface area contributed by atoms with E-state index in [1.807, 2.05) is 43.3 Å². The summed E-state index contributed by atoms with van der Waals surface area (Å²) in [6, 6.07) is 17.8. The number of benzene rings is 2. The normalized spacial score (nSPS) is 20.8. The minimum Gasteiger partial charge on any atom is -0.347 e. The summed E-state index contributed by atoms with van der Waals surface area (Å²) in [6.07, 6.45) is -0.570. The maximum atomic E-state index is 12.5. The molecule has 1 fully saturated rings. The number of amides is 1. The van der Waals surface area contributed by atoms with Gasteiger partial charge in [0.25, 0.3) is 0 Å². The van der Waals surface area contributed by atoms with Crippen LogP contribution >= 0.6 is 11.8 Å². The van der Waals surface area contributed by atoms with Gasteiger partial charge in [-0.2, -0.15) is 5.26 Å². The smallest absolute Gasteiger partial charge is 0.239 e. The summed E-state index contributed by atoms with van der Waals surface area (Å²) in [7, 11) is 0. The Balaban J connectivity index is 1.52. The SMILES string of the molecule is C[C@H](NC(=O)[C@H](Cc1cccc(C#N)c1)NCl)C1OC(c2ccccc2)O1. The molecule has 0 radical (unpaired) electrons. The molecular formula is C20H20ClN3O3. The Labute approximate surface area is 163 Å². The summed E-state index contributed by atoms with van der Waals surface area (Å²) in [6.45, 7) is 1.81. The Hall–Kier alpha value is -2.43. The highest BCUT2D eigenvalue weighted by Crippen LogP contribution is 2.33. The largest absolute Gasteiger partial charge is 0.347 e. The quantitative estimate of drug-likeness (QED) is 0.716. The molecule has 1 amide bonds. The fourth-order valence-corrected chi connectivity index (χ4v) is 3.01. The standard InChI is InChI=1S/C20H20ClN3O3/c1-13(19-26-20(27-19)16-8-3-2-4-9-16)23-18(25)17(24-21)11-14-6-5-7-15(10-14)12-22/h2-10,13,17,19-20,24H,11H2,1H3,(H,23,25)/t13-,17-,19?,20?/m0/s1. The average molecular weight is 386 g/mol. The Bertz CT molecular complexity index is 819. The third-order valence-electron chi connectivity index (χ3n) is 4.31. The number of nitriles is 1. The molecular weight excluding hydrogens is 366 g/mol. The molecule has 2 aromatic rings. The zero-order chi connectivity index (χ0) is 19.2. The highest BCUT2D eigenvalue weighted by atomic mass is 35.5. The first kappa shape index (κ1) is 19.3. The maximum absolute atomic E-state index is 12.5. The average Bonchev–Trinajstić information content (AvgIpc) is 2.65. The molecule has 1 aliphatic rings. The summed E-state index contributed by atoms with van der Waals surface area (Å²) in [5, 5.41) is 11.8. The van der Waals surface area contributed by atoms with Crippen LogP contribution in [0.5, 0.6) is 0 Å². The van der Waals surface area contributed by atoms with Gasteiger partial charge in [-0.3, -0.25) is 4.79 Å². The van der Waals surface area contributed by atoms with Crippen LogP contribution in [-0.4, -0.2) is 24.3 Å². The summed E-state index contributed by atoms with van der Waals surface area (Å²) in [5.74, 6) is -0.268. The lowest BCUT2D eigenvalue weighted by Crippen LogP contribution is -2.54. The van der Waals surface area contributed by atoms with Crippen molar-refractivity contribution < 1.29 is 14.3 Å². The van der Waals surface area contributed by atoms with Gasteiger partial charge in [0.15, 0.2) is 12.6 Å². The van der Waals surface area contributed by atoms with E-state index in [0.717, 1.165) is 11.1 Å². The third kappa shape index (κ3) is 4.85. The first-order chi connectivity index (χ1) is 13.1. The van der Waals surface area contributed by atoms with Gasteiger partial charge >= 0.3 is 0 Å². The number of nitrogens with one attached hydrogen (secondary N) is 2. The van der Waals surface area contributed by atoms with Gasteiger partial charge in [-0.1, -0.05) is 42.5 Å². The number of carbonyl (C=O) groups is 1. The van der Waals surface area contributed by atoms with Crippen molar-refractivity contribution in [3.05, 3.63) is 71.3 Å². The van der Waals surface area contributed by atoms with Crippen LogP contribution in [0.25, 0.3) is 0 Å². The van der Waals surface area contributed by atoms with Gasteiger partial charge in [0, 0.05) is 5.56 Å². The molecule has 1 saturated heterocycles. The summed E-state index contributed by atoms with van der Waals surface area (Å²) in [5.41, 5.74) is 2.32. The molecule has 1 aliphatic heterocycles. The van der Waals surface area contributed by atoms with Crippen molar-refractivity contribution in [1.82, 2.24) is 10.2 Å². The molecule has 1 heterocycles. The molecule has 0 unspecified atom stereocenters. The molecule has 3 rings (SSSR count). The van der Waals surface area contributed by atoms with Gasteiger partial charge in [-0.05, 0) is 42.8 Å². The molecule has 0 aliphatic carbocycles. The molecule has 2 N–H and O–H groups in total. The molecule has 0 saturated carbocycles. The van der Waals surface area contributed by atoms with Crippen LogP contribution in [0.1, 0.15) is 29.9 Å². The fourth-order valence-electron chi connectivity index (χ4n) is 2.83. The highest BCUT2D eigenvalue weighted by Gasteiger charge is 2.37. The number of carbonyl (C=O) groups excluding carboxylic acids is 1. The van der Waals surface area contributed by atoms with E-state index in [9.17, 15) is 4.79 Å². The van der Waals surface area contributed by atoms with Gasteiger partial charge in [0.1, 0.15) is 6.04 Å². The number of nitrogens with zero attached hydrogens (tertiary/aromatic N) is 1. The van der Waals surface area contributed by atoms with Crippen LogP contribution in [0.3, 0.4) is 0 Å². The second kappa shape index (κ2) is 8.98. The van der Waals surface area contributed by atoms with Crippen LogP contribution in [0.2, 0.25) is 0 Å². The predicted octanol–water partition coefficient (Wildman–Crippen LogP) is 2.79. The van der Waals surface area contributed by atoms with Crippen LogP contribution in [0.4, 0.5) is 0 Å². The van der Waals surface area contributed by atoms with Crippen molar-refractivity contribution in [3.8, 4) is 6.07 Å². The fraction of sp³-hybridized carbons (Fsp3) is 0.300. The van der Waals surface area contributed by atoms with Crippen LogP contribution in [-0.2, 0) is 20.7 Å². The third-order valence-corrected chi connectivity index (χ3v) is 4.57. The lowest BCUT2D eigenvalue weighted by molar-refractivity contribution is -0.396. The van der Waals surface area contributed by atoms with Crippen LogP contribution < -0.4 is 10.2 Å². The number of halogens is 1. The zero-order valence-corrected chi connectivity index (χ0v) is 15.5. The molecule has 2 atom stereocenters. The molecule has 6 nitrogen and oxygen atoms in total. The van der Waals surface area contributed by atoms with Crippen molar-refractivity contribution in [2.75, 3.05) is 0 Å². The monoisotopic (exact) mass is 385 g/mol. The Morgan fingerprint density at radius 1 is 1.22 bits per heavy atom. The first-order valence-electron chi connectivity index (χ1n) is 8.62. The van der Waals surface area contributed by atoms with Gasteiger partial charge in [-0.15, -0.1) is 0 Å². The molecule has 0 spiro atoms. The van der Waals surface area contributed by atoms with Gasteiger partial charge < -0.3 is 14.8 Å². The lowest BCUT2D eigenvalue weighted by Gasteiger charge is -2.40. The van der Waals surface area contributed by atoms with Crippen molar-refractivity contribution in [2.24, 2.45) is 0 Å². The van der Waals surface area contributed by atoms with Crippen molar-refractivity contribution in [3.63, 3.8) is 0 Å².